The number of anilines is 3. The zero-order chi connectivity index (χ0) is 21.2. The quantitative estimate of drug-likeness (QED) is 0.425. The summed E-state index contributed by atoms with van der Waals surface area (Å²) in [5.74, 6) is -1.84. The first-order chi connectivity index (χ1) is 13.8. The smallest absolute Gasteiger partial charge is 0.260 e. The molecule has 0 atom stereocenters. The van der Waals surface area contributed by atoms with Gasteiger partial charge in [-0.05, 0) is 24.6 Å². The number of nitrogens with zero attached hydrogens (tertiary/aromatic N) is 2. The number of halogens is 1. The maximum Gasteiger partial charge on any atom is 0.260 e. The predicted molar refractivity (Wildman–Crippen MR) is 107 cm³/mol. The summed E-state index contributed by atoms with van der Waals surface area (Å²) in [6.45, 7) is 1.68. The zero-order valence-corrected chi connectivity index (χ0v) is 16.4. The van der Waals surface area contributed by atoms with Gasteiger partial charge in [-0.3, -0.25) is 14.6 Å². The van der Waals surface area contributed by atoms with Crippen molar-refractivity contribution < 1.29 is 22.3 Å². The number of carbonyl (C=O) groups is 1. The lowest BCUT2D eigenvalue weighted by atomic mass is 10.1. The van der Waals surface area contributed by atoms with Crippen molar-refractivity contribution >= 4 is 44.0 Å². The number of aromatic nitrogens is 3. The highest BCUT2D eigenvalue weighted by Crippen LogP contribution is 2.27. The second kappa shape index (κ2) is 7.91. The molecule has 0 bridgehead atoms. The van der Waals surface area contributed by atoms with Crippen LogP contribution in [-0.2, 0) is 10.0 Å². The van der Waals surface area contributed by atoms with Gasteiger partial charge >= 0.3 is 0 Å². The third kappa shape index (κ3) is 4.21. The first kappa shape index (κ1) is 20.3. The Balaban J connectivity index is 1.92. The Morgan fingerprint density at radius 3 is 2.83 bits per heavy atom. The molecule has 1 amide bonds. The number of benzene rings is 1. The van der Waals surface area contributed by atoms with Crippen LogP contribution < -0.4 is 20.5 Å². The molecule has 2 aromatic heterocycles. The molecule has 0 saturated heterocycles. The lowest BCUT2D eigenvalue weighted by molar-refractivity contribution is 0.102. The number of rotatable bonds is 7. The number of hydrogen-bond acceptors (Lipinski definition) is 7. The van der Waals surface area contributed by atoms with Crippen molar-refractivity contribution in [1.29, 1.82) is 0 Å². The van der Waals surface area contributed by atoms with Crippen molar-refractivity contribution in [2.24, 2.45) is 0 Å². The number of sulfonamides is 1. The number of nitrogen functional groups attached to an aromatic ring is 1. The molecule has 29 heavy (non-hydrogen) atoms. The fourth-order valence-electron chi connectivity index (χ4n) is 2.69. The van der Waals surface area contributed by atoms with Crippen molar-refractivity contribution in [1.82, 2.24) is 15.2 Å². The number of amides is 1. The number of aromatic amines is 1. The number of hydrogen-bond donors (Lipinski definition) is 4. The lowest BCUT2D eigenvalue weighted by Gasteiger charge is -2.13. The molecule has 5 N–H and O–H groups in total. The Morgan fingerprint density at radius 2 is 2.14 bits per heavy atom. The van der Waals surface area contributed by atoms with Gasteiger partial charge in [-0.15, -0.1) is 5.10 Å². The summed E-state index contributed by atoms with van der Waals surface area (Å²) in [6, 6.07) is 3.96. The van der Waals surface area contributed by atoms with Crippen LogP contribution in [0.5, 0.6) is 5.88 Å². The number of ether oxygens (including phenoxy) is 1. The number of nitrogens with one attached hydrogen (secondary N) is 3. The Kier molecular flexibility index (Phi) is 5.55. The number of fused-ring (bicyclic) bond motifs is 1. The number of nitrogens with two attached hydrogens (primary N) is 1. The van der Waals surface area contributed by atoms with E-state index in [4.69, 9.17) is 10.5 Å². The summed E-state index contributed by atoms with van der Waals surface area (Å²) >= 11 is 0. The van der Waals surface area contributed by atoms with E-state index < -0.39 is 27.3 Å². The molecular formula is C17H19FN6O4S. The first-order valence-corrected chi connectivity index (χ1v) is 10.2. The Bertz CT molecular complexity index is 1180. The van der Waals surface area contributed by atoms with Crippen LogP contribution in [0.15, 0.2) is 24.4 Å². The van der Waals surface area contributed by atoms with E-state index in [-0.39, 0.29) is 28.7 Å². The normalized spacial score (nSPS) is 11.4. The molecule has 3 rings (SSSR count). The van der Waals surface area contributed by atoms with Crippen LogP contribution in [0.4, 0.5) is 21.5 Å². The van der Waals surface area contributed by atoms with Gasteiger partial charge in [0.05, 0.1) is 35.8 Å². The third-order valence-electron chi connectivity index (χ3n) is 3.97. The molecule has 0 aliphatic rings. The van der Waals surface area contributed by atoms with Gasteiger partial charge in [0.25, 0.3) is 5.91 Å². The summed E-state index contributed by atoms with van der Waals surface area (Å²) in [5.41, 5.74) is 5.46. The molecule has 10 nitrogen and oxygen atoms in total. The van der Waals surface area contributed by atoms with Gasteiger partial charge in [-0.2, -0.15) is 0 Å². The molecular weight excluding hydrogens is 403 g/mol. The summed E-state index contributed by atoms with van der Waals surface area (Å²) in [4.78, 5) is 16.7. The van der Waals surface area contributed by atoms with Crippen LogP contribution in [0, 0.1) is 5.82 Å². The van der Waals surface area contributed by atoms with Gasteiger partial charge in [0, 0.05) is 5.69 Å². The number of H-pyrrole nitrogens is 1. The number of methoxy groups -OCH3 is 1. The van der Waals surface area contributed by atoms with Crippen molar-refractivity contribution in [3.8, 4) is 5.88 Å². The van der Waals surface area contributed by atoms with Crippen molar-refractivity contribution in [2.75, 3.05) is 28.6 Å². The fraction of sp³-hybridized carbons (Fsp3) is 0.235. The molecule has 2 heterocycles. The topological polar surface area (TPSA) is 152 Å². The predicted octanol–water partition coefficient (Wildman–Crippen LogP) is 2.09. The van der Waals surface area contributed by atoms with Crippen LogP contribution >= 0.6 is 0 Å². The fourth-order valence-corrected chi connectivity index (χ4v) is 3.82. The molecule has 0 unspecified atom stereocenters. The van der Waals surface area contributed by atoms with Gasteiger partial charge in [-0.1, -0.05) is 6.92 Å². The Morgan fingerprint density at radius 1 is 1.38 bits per heavy atom. The average Bonchev–Trinajstić information content (AvgIpc) is 3.06. The van der Waals surface area contributed by atoms with Crippen LogP contribution in [0.1, 0.15) is 23.7 Å². The van der Waals surface area contributed by atoms with E-state index in [2.05, 4.69) is 25.2 Å². The molecule has 12 heteroatoms. The summed E-state index contributed by atoms with van der Waals surface area (Å²) in [7, 11) is -2.31. The Hall–Kier alpha value is -3.41. The van der Waals surface area contributed by atoms with Crippen molar-refractivity contribution in [3.05, 3.63) is 35.8 Å². The molecule has 0 aliphatic carbocycles. The van der Waals surface area contributed by atoms with Crippen LogP contribution in [0.2, 0.25) is 0 Å². The van der Waals surface area contributed by atoms with E-state index in [9.17, 15) is 17.6 Å². The maximum absolute atomic E-state index is 14.9. The minimum atomic E-state index is -3.74. The summed E-state index contributed by atoms with van der Waals surface area (Å²) < 4.78 is 45.9. The monoisotopic (exact) mass is 422 g/mol. The van der Waals surface area contributed by atoms with E-state index in [1.807, 2.05) is 0 Å². The van der Waals surface area contributed by atoms with E-state index in [0.717, 1.165) is 0 Å². The highest BCUT2D eigenvalue weighted by Gasteiger charge is 2.22. The van der Waals surface area contributed by atoms with E-state index in [0.29, 0.717) is 17.5 Å². The molecule has 0 saturated carbocycles. The zero-order valence-electron chi connectivity index (χ0n) is 15.6. The van der Waals surface area contributed by atoms with E-state index in [1.165, 1.54) is 25.4 Å². The summed E-state index contributed by atoms with van der Waals surface area (Å²) in [5, 5.41) is 9.58. The minimum absolute atomic E-state index is 0.145. The molecule has 0 spiro atoms. The van der Waals surface area contributed by atoms with Crippen LogP contribution in [-0.4, -0.2) is 42.4 Å². The van der Waals surface area contributed by atoms with Crippen LogP contribution in [0.3, 0.4) is 0 Å². The van der Waals surface area contributed by atoms with E-state index >= 15 is 0 Å². The molecule has 0 fully saturated rings. The minimum Gasteiger partial charge on any atom is -0.479 e. The Labute approximate surface area is 165 Å². The third-order valence-corrected chi connectivity index (χ3v) is 5.45. The van der Waals surface area contributed by atoms with Gasteiger partial charge in [0.1, 0.15) is 5.56 Å². The van der Waals surface area contributed by atoms with Gasteiger partial charge < -0.3 is 15.8 Å². The highest BCUT2D eigenvalue weighted by atomic mass is 32.2. The van der Waals surface area contributed by atoms with E-state index in [1.54, 1.807) is 13.0 Å². The average molecular weight is 422 g/mol. The maximum atomic E-state index is 14.9. The largest absolute Gasteiger partial charge is 0.479 e. The molecule has 0 aliphatic heterocycles. The molecule has 0 radical (unpaired) electrons. The number of carbonyl (C=O) groups excluding carboxylic acids is 1. The second-order valence-corrected chi connectivity index (χ2v) is 7.96. The second-order valence-electron chi connectivity index (χ2n) is 6.12. The van der Waals surface area contributed by atoms with Gasteiger partial charge in [0.2, 0.25) is 15.9 Å². The summed E-state index contributed by atoms with van der Waals surface area (Å²) in [6.07, 6.45) is 1.70. The number of pyridine rings is 1. The first-order valence-electron chi connectivity index (χ1n) is 8.53. The molecule has 3 aromatic rings. The van der Waals surface area contributed by atoms with Gasteiger partial charge in [-0.25, -0.2) is 17.8 Å². The van der Waals surface area contributed by atoms with Crippen molar-refractivity contribution in [3.63, 3.8) is 0 Å². The molecule has 154 valence electrons. The van der Waals surface area contributed by atoms with Crippen LogP contribution in [0.25, 0.3) is 11.0 Å². The lowest BCUT2D eigenvalue weighted by Crippen LogP contribution is -2.20. The standard InChI is InChI=1S/C17H19FN6O4S/c1-3-6-29(26,27)24-12-5-4-11(19)13(14(12)18)16(25)21-9-7-10-15(20-8-9)22-23-17(10)28-2/h4-5,7-8,24H,3,6,19H2,1-2H3,(H,21,25)(H,20,22,23). The molecule has 1 aromatic carbocycles. The highest BCUT2D eigenvalue weighted by molar-refractivity contribution is 7.92. The van der Waals surface area contributed by atoms with Crippen molar-refractivity contribution in [2.45, 2.75) is 13.3 Å². The van der Waals surface area contributed by atoms with Gasteiger partial charge in [0.15, 0.2) is 11.5 Å². The SMILES string of the molecule is CCCS(=O)(=O)Nc1ccc(N)c(C(=O)Nc2cnc3[nH]nc(OC)c3c2)c1F.